The average Bonchev–Trinajstić information content (AvgIpc) is 3.13. The van der Waals surface area contributed by atoms with Crippen molar-refractivity contribution in [1.82, 2.24) is 0 Å². The van der Waals surface area contributed by atoms with Crippen molar-refractivity contribution in [3.8, 4) is 0 Å². The van der Waals surface area contributed by atoms with Gasteiger partial charge in [0.25, 0.3) is 0 Å². The van der Waals surface area contributed by atoms with Gasteiger partial charge in [0.1, 0.15) is 0 Å². The lowest BCUT2D eigenvalue weighted by atomic mass is 10.2. The second-order valence-electron chi connectivity index (χ2n) is 4.51. The highest BCUT2D eigenvalue weighted by Gasteiger charge is 2.28. The van der Waals surface area contributed by atoms with E-state index in [9.17, 15) is 8.42 Å². The molecular weight excluding hydrogens is 290 g/mol. The van der Waals surface area contributed by atoms with Crippen LogP contribution in [0.25, 0.3) is 0 Å². The zero-order valence-corrected chi connectivity index (χ0v) is 11.6. The summed E-state index contributed by atoms with van der Waals surface area (Å²) < 4.78 is 26.1. The van der Waals surface area contributed by atoms with Gasteiger partial charge in [0.05, 0.1) is 16.5 Å². The van der Waals surface area contributed by atoms with Crippen LogP contribution in [0.1, 0.15) is 18.4 Å². The van der Waals surface area contributed by atoms with Crippen molar-refractivity contribution >= 4 is 33.1 Å². The largest absolute Gasteiger partial charge is 0.409 e. The smallest absolute Gasteiger partial charge is 0.233 e. The summed E-state index contributed by atoms with van der Waals surface area (Å²) in [5, 5.41) is 11.6. The minimum atomic E-state index is -3.38. The minimum Gasteiger partial charge on any atom is -0.409 e. The highest BCUT2D eigenvalue weighted by Crippen LogP contribution is 2.31. The molecule has 1 aliphatic carbocycles. The fourth-order valence-corrected chi connectivity index (χ4v) is 3.45. The van der Waals surface area contributed by atoms with Crippen LogP contribution < -0.4 is 10.5 Å². The van der Waals surface area contributed by atoms with Gasteiger partial charge in [0.2, 0.25) is 10.0 Å². The van der Waals surface area contributed by atoms with Crippen molar-refractivity contribution < 1.29 is 13.6 Å². The number of hydrogen-bond donors (Lipinski definition) is 3. The molecule has 2 rings (SSSR count). The van der Waals surface area contributed by atoms with Crippen LogP contribution in [-0.2, 0) is 10.0 Å². The molecule has 0 saturated heterocycles. The second kappa shape index (κ2) is 5.26. The second-order valence-corrected chi connectivity index (χ2v) is 6.68. The molecule has 0 radical (unpaired) electrons. The van der Waals surface area contributed by atoms with Gasteiger partial charge in [-0.25, -0.2) is 8.42 Å². The third-order valence-corrected chi connectivity index (χ3v) is 4.54. The van der Waals surface area contributed by atoms with Gasteiger partial charge >= 0.3 is 0 Å². The number of hydrogen-bond acceptors (Lipinski definition) is 4. The van der Waals surface area contributed by atoms with Crippen molar-refractivity contribution in [1.29, 1.82) is 0 Å². The summed E-state index contributed by atoms with van der Waals surface area (Å²) in [7, 11) is -3.38. The molecule has 1 aliphatic rings. The van der Waals surface area contributed by atoms with Crippen LogP contribution in [0.2, 0.25) is 5.02 Å². The maximum atomic E-state index is 11.8. The van der Waals surface area contributed by atoms with E-state index in [1.54, 1.807) is 0 Å². The Morgan fingerprint density at radius 3 is 2.74 bits per heavy atom. The van der Waals surface area contributed by atoms with E-state index in [0.29, 0.717) is 5.56 Å². The maximum absolute atomic E-state index is 11.8. The van der Waals surface area contributed by atoms with E-state index >= 15 is 0 Å². The Hall–Kier alpha value is -1.47. The van der Waals surface area contributed by atoms with Crippen LogP contribution in [0.15, 0.2) is 23.4 Å². The van der Waals surface area contributed by atoms with Crippen LogP contribution in [-0.4, -0.2) is 25.2 Å². The van der Waals surface area contributed by atoms with Gasteiger partial charge in [-0.05, 0) is 37.0 Å². The Bertz CT molecular complexity index is 612. The molecule has 1 aromatic rings. The minimum absolute atomic E-state index is 0.0886. The molecule has 0 aromatic heterocycles. The van der Waals surface area contributed by atoms with Gasteiger partial charge < -0.3 is 10.9 Å². The van der Waals surface area contributed by atoms with Gasteiger partial charge in [0, 0.05) is 5.56 Å². The summed E-state index contributed by atoms with van der Waals surface area (Å²) in [5.74, 6) is 0.285. The van der Waals surface area contributed by atoms with Gasteiger partial charge in [-0.2, -0.15) is 0 Å². The summed E-state index contributed by atoms with van der Waals surface area (Å²) >= 11 is 5.97. The standard InChI is InChI=1S/C11H14ClN3O3S/c12-9-5-8(11(13)14-16)3-4-10(9)15-19(17,18)6-7-1-2-7/h3-5,7,15-16H,1-2,6H2,(H2,13,14). The predicted octanol–water partition coefficient (Wildman–Crippen LogP) is 1.59. The van der Waals surface area contributed by atoms with Gasteiger partial charge in [-0.1, -0.05) is 16.8 Å². The number of oxime groups is 1. The molecular formula is C11H14ClN3O3S. The van der Waals surface area contributed by atoms with Crippen LogP contribution in [0, 0.1) is 5.92 Å². The molecule has 0 atom stereocenters. The highest BCUT2D eigenvalue weighted by atomic mass is 35.5. The topological polar surface area (TPSA) is 105 Å². The molecule has 8 heteroatoms. The Kier molecular flexibility index (Phi) is 3.86. The van der Waals surface area contributed by atoms with Crippen LogP contribution in [0.4, 0.5) is 5.69 Å². The van der Waals surface area contributed by atoms with Crippen molar-refractivity contribution in [3.05, 3.63) is 28.8 Å². The summed E-state index contributed by atoms with van der Waals surface area (Å²) in [6.45, 7) is 0. The van der Waals surface area contributed by atoms with E-state index in [1.165, 1.54) is 18.2 Å². The Morgan fingerprint density at radius 1 is 1.53 bits per heavy atom. The lowest BCUT2D eigenvalue weighted by Gasteiger charge is -2.10. The fraction of sp³-hybridized carbons (Fsp3) is 0.364. The normalized spacial score (nSPS) is 16.4. The van der Waals surface area contributed by atoms with E-state index < -0.39 is 10.0 Å². The summed E-state index contributed by atoms with van der Waals surface area (Å²) in [6.07, 6.45) is 1.91. The van der Waals surface area contributed by atoms with E-state index in [1.807, 2.05) is 0 Å². The zero-order valence-electron chi connectivity index (χ0n) is 10.0. The highest BCUT2D eigenvalue weighted by molar-refractivity contribution is 7.92. The number of benzene rings is 1. The number of nitrogens with zero attached hydrogens (tertiary/aromatic N) is 1. The first-order valence-electron chi connectivity index (χ1n) is 5.69. The average molecular weight is 304 g/mol. The third-order valence-electron chi connectivity index (χ3n) is 2.79. The molecule has 19 heavy (non-hydrogen) atoms. The Balaban J connectivity index is 2.17. The number of nitrogens with one attached hydrogen (secondary N) is 1. The third kappa shape index (κ3) is 3.74. The summed E-state index contributed by atoms with van der Waals surface area (Å²) in [6, 6.07) is 4.45. The van der Waals surface area contributed by atoms with Crippen LogP contribution >= 0.6 is 11.6 Å². The van der Waals surface area contributed by atoms with Crippen LogP contribution in [0.5, 0.6) is 0 Å². The first kappa shape index (κ1) is 14.0. The molecule has 0 bridgehead atoms. The number of anilines is 1. The quantitative estimate of drug-likeness (QED) is 0.332. The molecule has 0 unspecified atom stereocenters. The van der Waals surface area contributed by atoms with E-state index in [0.717, 1.165) is 12.8 Å². The molecule has 0 heterocycles. The van der Waals surface area contributed by atoms with Gasteiger partial charge in [-0.15, -0.1) is 0 Å². The Labute approximate surface area is 116 Å². The molecule has 4 N–H and O–H groups in total. The maximum Gasteiger partial charge on any atom is 0.233 e. The summed E-state index contributed by atoms with van der Waals surface area (Å²) in [5.41, 5.74) is 6.12. The summed E-state index contributed by atoms with van der Waals surface area (Å²) in [4.78, 5) is 0. The number of nitrogens with two attached hydrogens (primary N) is 1. The lowest BCUT2D eigenvalue weighted by molar-refractivity contribution is 0.318. The molecule has 1 aromatic carbocycles. The number of rotatable bonds is 5. The molecule has 6 nitrogen and oxygen atoms in total. The van der Waals surface area contributed by atoms with E-state index in [2.05, 4.69) is 9.88 Å². The van der Waals surface area contributed by atoms with Crippen molar-refractivity contribution in [2.24, 2.45) is 16.8 Å². The molecule has 104 valence electrons. The Morgan fingerprint density at radius 2 is 2.21 bits per heavy atom. The van der Waals surface area contributed by atoms with E-state index in [4.69, 9.17) is 22.5 Å². The first-order valence-corrected chi connectivity index (χ1v) is 7.72. The van der Waals surface area contributed by atoms with Crippen LogP contribution in [0.3, 0.4) is 0 Å². The lowest BCUT2D eigenvalue weighted by Crippen LogP contribution is -2.18. The number of sulfonamides is 1. The zero-order chi connectivity index (χ0) is 14.0. The van der Waals surface area contributed by atoms with Crippen molar-refractivity contribution in [2.45, 2.75) is 12.8 Å². The molecule has 0 spiro atoms. The number of halogens is 1. The monoisotopic (exact) mass is 303 g/mol. The van der Waals surface area contributed by atoms with Crippen molar-refractivity contribution in [3.63, 3.8) is 0 Å². The molecule has 0 amide bonds. The predicted molar refractivity (Wildman–Crippen MR) is 74.1 cm³/mol. The van der Waals surface area contributed by atoms with E-state index in [-0.39, 0.29) is 28.2 Å². The van der Waals surface area contributed by atoms with Gasteiger partial charge in [-0.3, -0.25) is 4.72 Å². The number of amidine groups is 1. The van der Waals surface area contributed by atoms with Gasteiger partial charge in [0.15, 0.2) is 5.84 Å². The molecule has 1 fully saturated rings. The molecule has 0 aliphatic heterocycles. The van der Waals surface area contributed by atoms with Crippen molar-refractivity contribution in [2.75, 3.05) is 10.5 Å². The molecule has 1 saturated carbocycles. The SMILES string of the molecule is N/C(=N/O)c1ccc(NS(=O)(=O)CC2CC2)c(Cl)c1. The fourth-order valence-electron chi connectivity index (χ4n) is 1.62. The first-order chi connectivity index (χ1) is 8.91.